The Balaban J connectivity index is 1.46. The molecule has 1 aromatic rings. The minimum atomic E-state index is -0.693. The Bertz CT molecular complexity index is 843. The molecule has 2 aliphatic rings. The number of anilines is 1. The molecule has 160 valence electrons. The van der Waals surface area contributed by atoms with E-state index in [1.54, 1.807) is 12.1 Å². The molecule has 1 saturated carbocycles. The average Bonchev–Trinajstić information content (AvgIpc) is 3.00. The van der Waals surface area contributed by atoms with E-state index < -0.39 is 24.5 Å². The molecule has 0 spiro atoms. The molecule has 0 bridgehead atoms. The number of rotatable bonds is 7. The topological polar surface area (TPSA) is 119 Å². The van der Waals surface area contributed by atoms with Gasteiger partial charge in [-0.15, -0.1) is 0 Å². The molecule has 1 saturated heterocycles. The first kappa shape index (κ1) is 21.5. The van der Waals surface area contributed by atoms with Crippen LogP contribution in [0.15, 0.2) is 24.3 Å². The summed E-state index contributed by atoms with van der Waals surface area (Å²) in [7, 11) is 1.23. The van der Waals surface area contributed by atoms with Crippen molar-refractivity contribution in [3.63, 3.8) is 0 Å². The molecule has 1 aliphatic heterocycles. The summed E-state index contributed by atoms with van der Waals surface area (Å²) in [6.45, 7) is -0.599. The third-order valence-corrected chi connectivity index (χ3v) is 5.44. The number of nitrogens with zero attached hydrogens (tertiary/aromatic N) is 1. The van der Waals surface area contributed by atoms with Crippen molar-refractivity contribution in [2.24, 2.45) is 11.8 Å². The summed E-state index contributed by atoms with van der Waals surface area (Å²) in [5.74, 6) is -2.88. The first-order valence-electron chi connectivity index (χ1n) is 9.90. The first-order chi connectivity index (χ1) is 14.4. The normalized spacial score (nSPS) is 20.5. The Morgan fingerprint density at radius 3 is 2.33 bits per heavy atom. The van der Waals surface area contributed by atoms with E-state index in [4.69, 9.17) is 4.74 Å². The van der Waals surface area contributed by atoms with Crippen LogP contribution in [0.4, 0.5) is 5.69 Å². The Hall–Kier alpha value is -3.23. The highest BCUT2D eigenvalue weighted by atomic mass is 16.5. The summed E-state index contributed by atoms with van der Waals surface area (Å²) in [4.78, 5) is 61.7. The van der Waals surface area contributed by atoms with Gasteiger partial charge in [-0.05, 0) is 25.0 Å². The van der Waals surface area contributed by atoms with Crippen molar-refractivity contribution < 1.29 is 33.4 Å². The number of benzene rings is 1. The monoisotopic (exact) mass is 416 g/mol. The standard InChI is InChI=1S/C21H24N2O7/c1-29-21(28)15-8-4-5-9-16(15)22-17(24)12-30-18(25)10-11-23-19(26)13-6-2-3-7-14(13)20(23)27/h4-5,8-9,13-14H,2-3,6-7,10-12H2,1H3,(H,22,24)/t13-,14-/m0/s1. The highest BCUT2D eigenvalue weighted by Crippen LogP contribution is 2.37. The second-order valence-electron chi connectivity index (χ2n) is 7.32. The molecule has 0 aromatic heterocycles. The number of methoxy groups -OCH3 is 1. The SMILES string of the molecule is COC(=O)c1ccccc1NC(=O)COC(=O)CCN1C(=O)[C@H]2CCCC[C@@H]2C1=O. The predicted octanol–water partition coefficient (Wildman–Crippen LogP) is 1.52. The summed E-state index contributed by atoms with van der Waals surface area (Å²) in [6, 6.07) is 6.28. The van der Waals surface area contributed by atoms with E-state index in [0.29, 0.717) is 12.8 Å². The number of fused-ring (bicyclic) bond motifs is 1. The van der Waals surface area contributed by atoms with E-state index in [1.807, 2.05) is 0 Å². The fraction of sp³-hybridized carbons (Fsp3) is 0.476. The van der Waals surface area contributed by atoms with Gasteiger partial charge in [0.2, 0.25) is 11.8 Å². The lowest BCUT2D eigenvalue weighted by atomic mass is 9.81. The van der Waals surface area contributed by atoms with Crippen molar-refractivity contribution in [2.45, 2.75) is 32.1 Å². The number of hydrogen-bond donors (Lipinski definition) is 1. The largest absolute Gasteiger partial charge is 0.465 e. The van der Waals surface area contributed by atoms with E-state index in [0.717, 1.165) is 17.7 Å². The highest BCUT2D eigenvalue weighted by molar-refractivity contribution is 6.05. The van der Waals surface area contributed by atoms with Crippen molar-refractivity contribution in [1.82, 2.24) is 4.90 Å². The maximum atomic E-state index is 12.4. The number of esters is 2. The molecule has 3 rings (SSSR count). The molecule has 9 nitrogen and oxygen atoms in total. The average molecular weight is 416 g/mol. The minimum absolute atomic E-state index is 0.0453. The lowest BCUT2D eigenvalue weighted by Crippen LogP contribution is -2.33. The zero-order valence-corrected chi connectivity index (χ0v) is 16.7. The predicted molar refractivity (Wildman–Crippen MR) is 104 cm³/mol. The van der Waals surface area contributed by atoms with Crippen molar-refractivity contribution in [3.8, 4) is 0 Å². The molecular weight excluding hydrogens is 392 g/mol. The van der Waals surface area contributed by atoms with E-state index in [1.165, 1.54) is 19.2 Å². The van der Waals surface area contributed by atoms with Crippen LogP contribution in [0.25, 0.3) is 0 Å². The third kappa shape index (κ3) is 4.67. The van der Waals surface area contributed by atoms with Gasteiger partial charge in [0.05, 0.1) is 36.6 Å². The summed E-state index contributed by atoms with van der Waals surface area (Å²) >= 11 is 0. The van der Waals surface area contributed by atoms with Gasteiger partial charge < -0.3 is 14.8 Å². The number of likely N-dealkylation sites (tertiary alicyclic amines) is 1. The molecule has 1 N–H and O–H groups in total. The zero-order valence-electron chi connectivity index (χ0n) is 16.7. The fourth-order valence-corrected chi connectivity index (χ4v) is 3.94. The second-order valence-corrected chi connectivity index (χ2v) is 7.32. The van der Waals surface area contributed by atoms with Gasteiger partial charge in [-0.25, -0.2) is 4.79 Å². The van der Waals surface area contributed by atoms with Crippen LogP contribution in [-0.4, -0.2) is 54.8 Å². The molecule has 2 atom stereocenters. The minimum Gasteiger partial charge on any atom is -0.465 e. The highest BCUT2D eigenvalue weighted by Gasteiger charge is 2.47. The van der Waals surface area contributed by atoms with Gasteiger partial charge in [0, 0.05) is 6.54 Å². The van der Waals surface area contributed by atoms with Crippen molar-refractivity contribution in [2.75, 3.05) is 25.6 Å². The molecule has 1 aliphatic carbocycles. The summed E-state index contributed by atoms with van der Waals surface area (Å²) in [5.41, 5.74) is 0.411. The quantitative estimate of drug-likeness (QED) is 0.529. The van der Waals surface area contributed by atoms with Gasteiger partial charge >= 0.3 is 11.9 Å². The Kier molecular flexibility index (Phi) is 6.81. The number of hydrogen-bond acceptors (Lipinski definition) is 7. The number of para-hydroxylation sites is 1. The molecule has 0 unspecified atom stereocenters. The number of carbonyl (C=O) groups excluding carboxylic acids is 5. The summed E-state index contributed by atoms with van der Waals surface area (Å²) in [6.07, 6.45) is 3.12. The number of imide groups is 1. The van der Waals surface area contributed by atoms with Gasteiger partial charge in [0.1, 0.15) is 0 Å². The van der Waals surface area contributed by atoms with E-state index in [2.05, 4.69) is 10.1 Å². The first-order valence-corrected chi connectivity index (χ1v) is 9.90. The molecule has 1 aromatic carbocycles. The number of carbonyl (C=O) groups is 5. The van der Waals surface area contributed by atoms with Crippen LogP contribution in [0.2, 0.25) is 0 Å². The van der Waals surface area contributed by atoms with Crippen molar-refractivity contribution in [3.05, 3.63) is 29.8 Å². The number of amides is 3. The number of nitrogens with one attached hydrogen (secondary N) is 1. The van der Waals surface area contributed by atoms with Crippen molar-refractivity contribution in [1.29, 1.82) is 0 Å². The van der Waals surface area contributed by atoms with Crippen LogP contribution in [0.3, 0.4) is 0 Å². The summed E-state index contributed by atoms with van der Waals surface area (Å²) < 4.78 is 9.59. The van der Waals surface area contributed by atoms with Crippen LogP contribution >= 0.6 is 0 Å². The molecule has 2 fully saturated rings. The van der Waals surface area contributed by atoms with E-state index in [-0.39, 0.29) is 47.9 Å². The van der Waals surface area contributed by atoms with Gasteiger partial charge in [0.25, 0.3) is 5.91 Å². The molecule has 0 radical (unpaired) electrons. The Morgan fingerprint density at radius 1 is 1.07 bits per heavy atom. The van der Waals surface area contributed by atoms with E-state index >= 15 is 0 Å². The zero-order chi connectivity index (χ0) is 21.7. The smallest absolute Gasteiger partial charge is 0.339 e. The molecule has 9 heteroatoms. The van der Waals surface area contributed by atoms with Gasteiger partial charge in [0.15, 0.2) is 6.61 Å². The van der Waals surface area contributed by atoms with Crippen LogP contribution in [0.5, 0.6) is 0 Å². The van der Waals surface area contributed by atoms with Crippen LogP contribution in [-0.2, 0) is 28.7 Å². The number of ether oxygens (including phenoxy) is 2. The van der Waals surface area contributed by atoms with Gasteiger partial charge in [-0.1, -0.05) is 25.0 Å². The van der Waals surface area contributed by atoms with Gasteiger partial charge in [-0.2, -0.15) is 0 Å². The third-order valence-electron chi connectivity index (χ3n) is 5.44. The lowest BCUT2D eigenvalue weighted by Gasteiger charge is -2.19. The Morgan fingerprint density at radius 2 is 1.70 bits per heavy atom. The van der Waals surface area contributed by atoms with Crippen LogP contribution in [0.1, 0.15) is 42.5 Å². The fourth-order valence-electron chi connectivity index (χ4n) is 3.94. The van der Waals surface area contributed by atoms with Crippen molar-refractivity contribution >= 4 is 35.3 Å². The Labute approximate surface area is 173 Å². The maximum absolute atomic E-state index is 12.4. The second kappa shape index (κ2) is 9.51. The molecule has 3 amide bonds. The maximum Gasteiger partial charge on any atom is 0.339 e. The molecule has 1 heterocycles. The van der Waals surface area contributed by atoms with Crippen LogP contribution in [0, 0.1) is 11.8 Å². The van der Waals surface area contributed by atoms with E-state index in [9.17, 15) is 24.0 Å². The molecular formula is C21H24N2O7. The summed E-state index contributed by atoms with van der Waals surface area (Å²) in [5, 5.41) is 2.49. The van der Waals surface area contributed by atoms with Gasteiger partial charge in [-0.3, -0.25) is 24.1 Å². The molecule has 30 heavy (non-hydrogen) atoms. The lowest BCUT2D eigenvalue weighted by molar-refractivity contribution is -0.148. The van der Waals surface area contributed by atoms with Crippen LogP contribution < -0.4 is 5.32 Å².